The molecule has 4 aromatic rings. The van der Waals surface area contributed by atoms with Gasteiger partial charge in [-0.3, -0.25) is 24.6 Å². The highest BCUT2D eigenvalue weighted by atomic mass is 16.5. The third-order valence-corrected chi connectivity index (χ3v) is 12.6. The molecule has 3 amide bonds. The van der Waals surface area contributed by atoms with E-state index in [-0.39, 0.29) is 24.1 Å². The second-order valence-corrected chi connectivity index (χ2v) is 16.0. The second-order valence-electron chi connectivity index (χ2n) is 16.0. The summed E-state index contributed by atoms with van der Waals surface area (Å²) in [4.78, 5) is 46.4. The van der Waals surface area contributed by atoms with E-state index >= 15 is 0 Å². The van der Waals surface area contributed by atoms with Gasteiger partial charge in [0.1, 0.15) is 11.8 Å². The maximum absolute atomic E-state index is 13.1. The summed E-state index contributed by atoms with van der Waals surface area (Å²) in [6.07, 6.45) is 6.35. The lowest BCUT2D eigenvalue weighted by Crippen LogP contribution is -2.52. The van der Waals surface area contributed by atoms with Crippen LogP contribution in [0.2, 0.25) is 0 Å². The number of anilines is 2. The maximum Gasteiger partial charge on any atom is 0.569 e. The zero-order chi connectivity index (χ0) is 40.0. The van der Waals surface area contributed by atoms with Crippen molar-refractivity contribution in [1.29, 1.82) is 0 Å². The van der Waals surface area contributed by atoms with Crippen molar-refractivity contribution in [3.8, 4) is 5.75 Å². The molecule has 0 aliphatic carbocycles. The molecule has 8 rings (SSSR count). The van der Waals surface area contributed by atoms with Crippen LogP contribution in [0.5, 0.6) is 5.75 Å². The van der Waals surface area contributed by atoms with E-state index in [1.54, 1.807) is 4.90 Å². The molecule has 1 unspecified atom stereocenters. The first-order chi connectivity index (χ1) is 28.4. The number of piperidine rings is 2. The van der Waals surface area contributed by atoms with E-state index < -0.39 is 6.04 Å². The smallest absolute Gasteiger partial charge is 0.537 e. The number of hydrogen-bond donors (Lipinski definition) is 2. The van der Waals surface area contributed by atoms with Crippen molar-refractivity contribution in [3.63, 3.8) is 0 Å². The number of allylic oxidation sites excluding steroid dienone is 1. The van der Waals surface area contributed by atoms with Crippen LogP contribution in [0.25, 0.3) is 11.1 Å². The standard InChI is InChI=1S/C47H53BN5O5/c1-2-41(34-8-4-3-5-9-34)45(36-12-17-40(18-13-36)58-48-57)35-10-14-38(15-11-35)52-29-27-50(28-30-52)24-6-7-33-22-25-51(26-23-33)39-16-19-42-37(31-39)32-53(47(42)56)43-20-21-44(54)49-46(43)55/h3-5,8-19,31,33,43,57H,2,6-7,20-30,32H2,1H3,(H,49,54,55)/b45-41-. The summed E-state index contributed by atoms with van der Waals surface area (Å²) in [5, 5.41) is 11.5. The fourth-order valence-electron chi connectivity index (χ4n) is 9.35. The van der Waals surface area contributed by atoms with E-state index in [9.17, 15) is 14.4 Å². The number of hydrogen-bond acceptors (Lipinski definition) is 8. The fraction of sp³-hybridized carbons (Fsp3) is 0.383. The van der Waals surface area contributed by atoms with Crippen molar-refractivity contribution in [2.24, 2.45) is 5.92 Å². The van der Waals surface area contributed by atoms with Crippen molar-refractivity contribution in [2.75, 3.05) is 55.6 Å². The van der Waals surface area contributed by atoms with Gasteiger partial charge >= 0.3 is 7.69 Å². The van der Waals surface area contributed by atoms with Crippen LogP contribution in [0.3, 0.4) is 0 Å². The number of imide groups is 1. The van der Waals surface area contributed by atoms with Gasteiger partial charge in [0.05, 0.1) is 0 Å². The van der Waals surface area contributed by atoms with Gasteiger partial charge in [-0.1, -0.05) is 61.5 Å². The highest BCUT2D eigenvalue weighted by Crippen LogP contribution is 2.37. The lowest BCUT2D eigenvalue weighted by atomic mass is 9.88. The lowest BCUT2D eigenvalue weighted by molar-refractivity contribution is -0.136. The van der Waals surface area contributed by atoms with Gasteiger partial charge in [0, 0.05) is 69.2 Å². The molecule has 1 radical (unpaired) electrons. The largest absolute Gasteiger partial charge is 0.569 e. The molecule has 0 saturated carbocycles. The molecule has 299 valence electrons. The van der Waals surface area contributed by atoms with E-state index in [0.717, 1.165) is 75.0 Å². The number of fused-ring (bicyclic) bond motifs is 1. The van der Waals surface area contributed by atoms with Crippen molar-refractivity contribution in [3.05, 3.63) is 125 Å². The zero-order valence-corrected chi connectivity index (χ0v) is 33.4. The molecule has 4 aromatic carbocycles. The Labute approximate surface area is 342 Å². The van der Waals surface area contributed by atoms with Gasteiger partial charge in [-0.05, 0) is 127 Å². The Bertz CT molecular complexity index is 2110. The first-order valence-corrected chi connectivity index (χ1v) is 21.0. The minimum absolute atomic E-state index is 0.119. The van der Waals surface area contributed by atoms with Crippen molar-refractivity contribution >= 4 is 47.9 Å². The van der Waals surface area contributed by atoms with Crippen LogP contribution < -0.4 is 19.8 Å². The van der Waals surface area contributed by atoms with Gasteiger partial charge in [-0.25, -0.2) is 0 Å². The Morgan fingerprint density at radius 1 is 0.776 bits per heavy atom. The molecule has 3 fully saturated rings. The van der Waals surface area contributed by atoms with Gasteiger partial charge < -0.3 is 24.4 Å². The number of nitrogens with zero attached hydrogens (tertiary/aromatic N) is 4. The second kappa shape index (κ2) is 18.0. The Balaban J connectivity index is 0.805. The van der Waals surface area contributed by atoms with E-state index in [1.165, 1.54) is 53.6 Å². The van der Waals surface area contributed by atoms with Crippen molar-refractivity contribution in [2.45, 2.75) is 64.5 Å². The van der Waals surface area contributed by atoms with Crippen LogP contribution in [0.1, 0.15) is 84.5 Å². The molecule has 10 nitrogen and oxygen atoms in total. The van der Waals surface area contributed by atoms with Gasteiger partial charge in [-0.15, -0.1) is 0 Å². The molecule has 3 saturated heterocycles. The average molecular weight is 779 g/mol. The van der Waals surface area contributed by atoms with Crippen molar-refractivity contribution < 1.29 is 24.1 Å². The van der Waals surface area contributed by atoms with Crippen LogP contribution >= 0.6 is 0 Å². The molecule has 2 N–H and O–H groups in total. The molecule has 0 spiro atoms. The van der Waals surface area contributed by atoms with Gasteiger partial charge in [0.2, 0.25) is 11.8 Å². The van der Waals surface area contributed by atoms with Gasteiger partial charge in [0.25, 0.3) is 5.91 Å². The monoisotopic (exact) mass is 778 g/mol. The summed E-state index contributed by atoms with van der Waals surface area (Å²) in [5.41, 5.74) is 10.0. The predicted octanol–water partition coefficient (Wildman–Crippen LogP) is 6.54. The highest BCUT2D eigenvalue weighted by Gasteiger charge is 2.39. The quantitative estimate of drug-likeness (QED) is 0.0897. The molecule has 4 aliphatic rings. The molecular weight excluding hydrogens is 725 g/mol. The van der Waals surface area contributed by atoms with E-state index in [1.807, 2.05) is 18.2 Å². The molecule has 4 heterocycles. The minimum Gasteiger partial charge on any atom is -0.537 e. The summed E-state index contributed by atoms with van der Waals surface area (Å²) in [5.74, 6) is 0.570. The lowest BCUT2D eigenvalue weighted by Gasteiger charge is -2.37. The summed E-state index contributed by atoms with van der Waals surface area (Å²) >= 11 is 0. The Hall–Kier alpha value is -5.39. The third kappa shape index (κ3) is 8.71. The molecule has 4 aliphatic heterocycles. The predicted molar refractivity (Wildman–Crippen MR) is 229 cm³/mol. The number of rotatable bonds is 13. The van der Waals surface area contributed by atoms with Gasteiger partial charge in [-0.2, -0.15) is 0 Å². The number of carbonyl (C=O) groups excluding carboxylic acids is 3. The zero-order valence-electron chi connectivity index (χ0n) is 33.4. The molecule has 0 aromatic heterocycles. The fourth-order valence-corrected chi connectivity index (χ4v) is 9.35. The number of benzene rings is 4. The number of carbonyl (C=O) groups is 3. The normalized spacial score (nSPS) is 19.5. The maximum atomic E-state index is 13.1. The van der Waals surface area contributed by atoms with Crippen LogP contribution in [0.4, 0.5) is 11.4 Å². The van der Waals surface area contributed by atoms with Crippen LogP contribution in [-0.4, -0.2) is 92.1 Å². The highest BCUT2D eigenvalue weighted by molar-refractivity contribution is 6.17. The minimum atomic E-state index is -0.583. The molecular formula is C47H53BN5O5. The Morgan fingerprint density at radius 2 is 1.45 bits per heavy atom. The van der Waals surface area contributed by atoms with Crippen LogP contribution in [0.15, 0.2) is 97.1 Å². The van der Waals surface area contributed by atoms with Crippen LogP contribution in [-0.2, 0) is 16.1 Å². The first-order valence-electron chi connectivity index (χ1n) is 21.0. The third-order valence-electron chi connectivity index (χ3n) is 12.6. The number of amides is 3. The molecule has 58 heavy (non-hydrogen) atoms. The Morgan fingerprint density at radius 3 is 2.12 bits per heavy atom. The summed E-state index contributed by atoms with van der Waals surface area (Å²) in [6, 6.07) is 33.1. The molecule has 1 atom stereocenters. The number of nitrogens with one attached hydrogen (secondary N) is 1. The van der Waals surface area contributed by atoms with Gasteiger partial charge in [0.15, 0.2) is 0 Å². The SMILES string of the molecule is CC/C(=C(/c1ccc(O[B]O)cc1)c1ccc(N2CCN(CCCC3CCN(c4ccc5c(c4)CN(C4CCC(=O)NC4=O)C5=O)CC3)CC2)cc1)c1ccccc1. The summed E-state index contributed by atoms with van der Waals surface area (Å²) in [7, 11) is 0.713. The van der Waals surface area contributed by atoms with E-state index in [0.29, 0.717) is 32.0 Å². The van der Waals surface area contributed by atoms with E-state index in [2.05, 4.69) is 106 Å². The topological polar surface area (TPSA) is 106 Å². The molecule has 0 bridgehead atoms. The molecule has 11 heteroatoms. The summed E-state index contributed by atoms with van der Waals surface area (Å²) < 4.78 is 5.19. The van der Waals surface area contributed by atoms with E-state index in [4.69, 9.17) is 9.68 Å². The number of piperazine rings is 1. The van der Waals surface area contributed by atoms with Crippen LogP contribution in [0, 0.1) is 5.92 Å². The van der Waals surface area contributed by atoms with Crippen molar-refractivity contribution in [1.82, 2.24) is 15.1 Å². The summed E-state index contributed by atoms with van der Waals surface area (Å²) in [6.45, 7) is 9.97. The average Bonchev–Trinajstić information content (AvgIpc) is 3.59. The Kier molecular flexibility index (Phi) is 12.3. The first kappa shape index (κ1) is 39.4.